The Morgan fingerprint density at radius 3 is 2.88 bits per heavy atom. The van der Waals surface area contributed by atoms with E-state index in [9.17, 15) is 9.59 Å². The van der Waals surface area contributed by atoms with Crippen molar-refractivity contribution in [2.24, 2.45) is 7.05 Å². The van der Waals surface area contributed by atoms with Crippen molar-refractivity contribution in [1.29, 1.82) is 0 Å². The van der Waals surface area contributed by atoms with Crippen molar-refractivity contribution < 1.29 is 9.90 Å². The van der Waals surface area contributed by atoms with Crippen LogP contribution in [0, 0.1) is 0 Å². The first-order valence-electron chi connectivity index (χ1n) is 5.10. The number of hydrogen-bond acceptors (Lipinski definition) is 3. The van der Waals surface area contributed by atoms with Crippen LogP contribution in [0.2, 0.25) is 0 Å². The van der Waals surface area contributed by atoms with Gasteiger partial charge in [0.1, 0.15) is 5.39 Å². The number of carbonyl (C=O) groups is 1. The smallest absolute Gasteiger partial charge is 0.410 e. The van der Waals surface area contributed by atoms with Gasteiger partial charge in [0.05, 0.1) is 5.52 Å². The van der Waals surface area contributed by atoms with E-state index in [1.54, 1.807) is 19.3 Å². The summed E-state index contributed by atoms with van der Waals surface area (Å²) in [7, 11) is 1.66. The second-order valence-electron chi connectivity index (χ2n) is 3.57. The average molecular weight is 236 g/mol. The predicted molar refractivity (Wildman–Crippen MR) is 62.3 cm³/mol. The Morgan fingerprint density at radius 1 is 1.59 bits per heavy atom. The van der Waals surface area contributed by atoms with E-state index in [0.29, 0.717) is 17.4 Å². The van der Waals surface area contributed by atoms with Crippen LogP contribution in [0.25, 0.3) is 10.9 Å². The Hall–Kier alpha value is -2.31. The highest BCUT2D eigenvalue weighted by atomic mass is 16.4. The largest absolute Gasteiger partial charge is 0.465 e. The molecule has 2 heterocycles. The number of anilines is 1. The SMILES string of the molecule is CCn1ccc2c(c(NC(=O)O)nn2C)c1=O. The molecule has 0 fully saturated rings. The van der Waals surface area contributed by atoms with Crippen LogP contribution in [0.1, 0.15) is 6.92 Å². The third-order valence-corrected chi connectivity index (χ3v) is 2.54. The molecule has 2 rings (SSSR count). The van der Waals surface area contributed by atoms with Gasteiger partial charge < -0.3 is 9.67 Å². The standard InChI is InChI=1S/C10H12N4O3/c1-3-14-5-4-6-7(9(14)15)8(11-10(16)17)12-13(6)2/h4-5H,3H2,1-2H3,(H,11,12)(H,16,17). The summed E-state index contributed by atoms with van der Waals surface area (Å²) in [6, 6.07) is 1.74. The average Bonchev–Trinajstić information content (AvgIpc) is 2.56. The minimum atomic E-state index is -1.24. The molecular weight excluding hydrogens is 224 g/mol. The topological polar surface area (TPSA) is 89.2 Å². The molecular formula is C10H12N4O3. The summed E-state index contributed by atoms with van der Waals surface area (Å²) in [6.07, 6.45) is 0.424. The fourth-order valence-corrected chi connectivity index (χ4v) is 1.75. The van der Waals surface area contributed by atoms with Crippen molar-refractivity contribution in [3.63, 3.8) is 0 Å². The summed E-state index contributed by atoms with van der Waals surface area (Å²) in [5.74, 6) is 0.0720. The molecule has 0 aliphatic carbocycles. The number of nitrogens with zero attached hydrogens (tertiary/aromatic N) is 3. The number of carboxylic acid groups (broad SMARTS) is 1. The number of rotatable bonds is 2. The summed E-state index contributed by atoms with van der Waals surface area (Å²) in [5.41, 5.74) is 0.352. The summed E-state index contributed by atoms with van der Waals surface area (Å²) in [5, 5.41) is 15.1. The Kier molecular flexibility index (Phi) is 2.58. The quantitative estimate of drug-likeness (QED) is 0.808. The highest BCUT2D eigenvalue weighted by molar-refractivity contribution is 5.96. The van der Waals surface area contributed by atoms with Crippen LogP contribution in [0.4, 0.5) is 10.6 Å². The van der Waals surface area contributed by atoms with Crippen LogP contribution in [0.15, 0.2) is 17.1 Å². The molecule has 1 amide bonds. The van der Waals surface area contributed by atoms with Gasteiger partial charge in [-0.3, -0.25) is 14.8 Å². The van der Waals surface area contributed by atoms with Crippen molar-refractivity contribution in [2.45, 2.75) is 13.5 Å². The molecule has 0 saturated carbocycles. The lowest BCUT2D eigenvalue weighted by Gasteiger charge is -2.01. The maximum Gasteiger partial charge on any atom is 0.410 e. The van der Waals surface area contributed by atoms with Crippen molar-refractivity contribution in [2.75, 3.05) is 5.32 Å². The maximum atomic E-state index is 12.1. The molecule has 0 aromatic carbocycles. The van der Waals surface area contributed by atoms with Gasteiger partial charge in [-0.05, 0) is 13.0 Å². The van der Waals surface area contributed by atoms with E-state index in [1.165, 1.54) is 9.25 Å². The van der Waals surface area contributed by atoms with Gasteiger partial charge in [-0.15, -0.1) is 0 Å². The highest BCUT2D eigenvalue weighted by Gasteiger charge is 2.15. The molecule has 7 nitrogen and oxygen atoms in total. The third kappa shape index (κ3) is 1.75. The summed E-state index contributed by atoms with van der Waals surface area (Å²) in [6.45, 7) is 2.37. The molecule has 0 radical (unpaired) electrons. The van der Waals surface area contributed by atoms with Gasteiger partial charge >= 0.3 is 6.09 Å². The number of pyridine rings is 1. The fourth-order valence-electron chi connectivity index (χ4n) is 1.75. The zero-order valence-corrected chi connectivity index (χ0v) is 9.47. The van der Waals surface area contributed by atoms with E-state index in [1.807, 2.05) is 6.92 Å². The van der Waals surface area contributed by atoms with Crippen molar-refractivity contribution in [3.05, 3.63) is 22.6 Å². The van der Waals surface area contributed by atoms with Gasteiger partial charge in [-0.2, -0.15) is 5.10 Å². The molecule has 17 heavy (non-hydrogen) atoms. The van der Waals surface area contributed by atoms with Crippen LogP contribution >= 0.6 is 0 Å². The first kappa shape index (κ1) is 11.2. The van der Waals surface area contributed by atoms with Gasteiger partial charge in [0.15, 0.2) is 5.82 Å². The number of aromatic nitrogens is 3. The van der Waals surface area contributed by atoms with Crippen molar-refractivity contribution in [3.8, 4) is 0 Å². The molecule has 0 aliphatic rings. The van der Waals surface area contributed by atoms with E-state index < -0.39 is 6.09 Å². The highest BCUT2D eigenvalue weighted by Crippen LogP contribution is 2.17. The van der Waals surface area contributed by atoms with E-state index in [0.717, 1.165) is 0 Å². The summed E-state index contributed by atoms with van der Waals surface area (Å²) < 4.78 is 2.97. The van der Waals surface area contributed by atoms with E-state index >= 15 is 0 Å². The van der Waals surface area contributed by atoms with Crippen LogP contribution in [-0.4, -0.2) is 25.5 Å². The first-order chi connectivity index (χ1) is 8.04. The minimum absolute atomic E-state index is 0.0720. The number of nitrogens with one attached hydrogen (secondary N) is 1. The predicted octanol–water partition coefficient (Wildman–Crippen LogP) is 0.845. The molecule has 0 bridgehead atoms. The molecule has 0 aliphatic heterocycles. The third-order valence-electron chi connectivity index (χ3n) is 2.54. The molecule has 2 aromatic rings. The molecule has 0 unspecified atom stereocenters. The molecule has 2 N–H and O–H groups in total. The monoisotopic (exact) mass is 236 g/mol. The number of aryl methyl sites for hydroxylation is 2. The number of hydrogen-bond donors (Lipinski definition) is 2. The number of fused-ring (bicyclic) bond motifs is 1. The van der Waals surface area contributed by atoms with Crippen LogP contribution in [0.5, 0.6) is 0 Å². The Labute approximate surface area is 96.3 Å². The van der Waals surface area contributed by atoms with Gasteiger partial charge in [0.25, 0.3) is 5.56 Å². The summed E-state index contributed by atoms with van der Waals surface area (Å²) >= 11 is 0. The van der Waals surface area contributed by atoms with E-state index in [4.69, 9.17) is 5.11 Å². The van der Waals surface area contributed by atoms with Crippen molar-refractivity contribution >= 4 is 22.8 Å². The molecule has 0 spiro atoms. The van der Waals surface area contributed by atoms with E-state index in [-0.39, 0.29) is 11.4 Å². The molecule has 7 heteroatoms. The van der Waals surface area contributed by atoms with Gasteiger partial charge in [-0.25, -0.2) is 4.79 Å². The fraction of sp³-hybridized carbons (Fsp3) is 0.300. The first-order valence-corrected chi connectivity index (χ1v) is 5.10. The Balaban J connectivity index is 2.77. The van der Waals surface area contributed by atoms with Crippen LogP contribution < -0.4 is 10.9 Å². The minimum Gasteiger partial charge on any atom is -0.465 e. The lowest BCUT2D eigenvalue weighted by atomic mass is 10.3. The number of amides is 1. The Bertz CT molecular complexity index is 641. The molecule has 0 atom stereocenters. The molecule has 2 aromatic heterocycles. The summed E-state index contributed by atoms with van der Waals surface area (Å²) in [4.78, 5) is 22.7. The van der Waals surface area contributed by atoms with E-state index in [2.05, 4.69) is 10.4 Å². The second-order valence-corrected chi connectivity index (χ2v) is 3.57. The molecule has 0 saturated heterocycles. The molecule has 90 valence electrons. The zero-order valence-electron chi connectivity index (χ0n) is 9.47. The van der Waals surface area contributed by atoms with Gasteiger partial charge in [0.2, 0.25) is 0 Å². The lowest BCUT2D eigenvalue weighted by Crippen LogP contribution is -2.19. The van der Waals surface area contributed by atoms with Crippen LogP contribution in [-0.2, 0) is 13.6 Å². The second kappa shape index (κ2) is 3.93. The normalized spacial score (nSPS) is 10.7. The van der Waals surface area contributed by atoms with Crippen molar-refractivity contribution in [1.82, 2.24) is 14.3 Å². The van der Waals surface area contributed by atoms with Crippen LogP contribution in [0.3, 0.4) is 0 Å². The lowest BCUT2D eigenvalue weighted by molar-refractivity contribution is 0.209. The van der Waals surface area contributed by atoms with Gasteiger partial charge in [0, 0.05) is 19.8 Å². The maximum absolute atomic E-state index is 12.1. The van der Waals surface area contributed by atoms with Gasteiger partial charge in [-0.1, -0.05) is 0 Å². The Morgan fingerprint density at radius 2 is 2.29 bits per heavy atom. The zero-order chi connectivity index (χ0) is 12.6.